The number of fused-ring (bicyclic) bond motifs is 9. The molecule has 0 saturated carbocycles. The van der Waals surface area contributed by atoms with Crippen LogP contribution in [0.4, 0.5) is 45.5 Å². The summed E-state index contributed by atoms with van der Waals surface area (Å²) in [5.41, 5.74) is 27.2. The van der Waals surface area contributed by atoms with Gasteiger partial charge in [0.1, 0.15) is 0 Å². The maximum Gasteiger partial charge on any atom is 0.252 e. The lowest BCUT2D eigenvalue weighted by Gasteiger charge is -2.52. The van der Waals surface area contributed by atoms with Crippen LogP contribution in [0.3, 0.4) is 0 Å². The zero-order valence-electron chi connectivity index (χ0n) is 49.8. The molecule has 1 aliphatic carbocycles. The molecular weight excluding hydrogens is 966 g/mol. The minimum absolute atomic E-state index is 0.0572. The van der Waals surface area contributed by atoms with Gasteiger partial charge in [0.25, 0.3) is 6.71 Å². The summed E-state index contributed by atoms with van der Waals surface area (Å²) in [5.74, 6) is 0. The second-order valence-electron chi connectivity index (χ2n) is 28.2. The molecule has 9 aromatic carbocycles. The minimum Gasteiger partial charge on any atom is -0.330 e. The highest BCUT2D eigenvalue weighted by Crippen LogP contribution is 2.65. The van der Waals surface area contributed by atoms with Crippen LogP contribution in [0, 0.1) is 0 Å². The van der Waals surface area contributed by atoms with E-state index in [0.29, 0.717) is 0 Å². The summed E-state index contributed by atoms with van der Waals surface area (Å²) in [4.78, 5) is 8.14. The molecule has 2 atom stereocenters. The summed E-state index contributed by atoms with van der Waals surface area (Å²) < 4.78 is 0. The lowest BCUT2D eigenvalue weighted by atomic mass is 9.33. The quantitative estimate of drug-likeness (QED) is 0.159. The van der Waals surface area contributed by atoms with Gasteiger partial charge in [-0.25, -0.2) is 0 Å². The van der Waals surface area contributed by atoms with E-state index in [1.54, 1.807) is 0 Å². The minimum atomic E-state index is -0.453. The Balaban J connectivity index is 1.20. The Morgan fingerprint density at radius 3 is 1.61 bits per heavy atom. The molecule has 0 spiro atoms. The van der Waals surface area contributed by atoms with Crippen molar-refractivity contribution in [3.8, 4) is 22.3 Å². The first-order chi connectivity index (χ1) is 37.9. The van der Waals surface area contributed by atoms with Crippen molar-refractivity contribution in [3.05, 3.63) is 233 Å². The Labute approximate surface area is 478 Å². The zero-order chi connectivity index (χ0) is 56.1. The van der Waals surface area contributed by atoms with Crippen LogP contribution in [0.15, 0.2) is 194 Å². The first-order valence-electron chi connectivity index (χ1n) is 29.4. The smallest absolute Gasteiger partial charge is 0.252 e. The summed E-state index contributed by atoms with van der Waals surface area (Å²) in [6, 6.07) is 75.7. The van der Waals surface area contributed by atoms with Crippen LogP contribution in [-0.2, 0) is 39.0 Å². The Hall–Kier alpha value is -7.56. The highest BCUT2D eigenvalue weighted by molar-refractivity contribution is 7.00. The van der Waals surface area contributed by atoms with Crippen molar-refractivity contribution in [1.82, 2.24) is 0 Å². The molecule has 0 N–H and O–H groups in total. The van der Waals surface area contributed by atoms with Crippen LogP contribution in [-0.4, -0.2) is 6.71 Å². The number of hydrogen-bond donors (Lipinski definition) is 0. The summed E-state index contributed by atoms with van der Waals surface area (Å²) in [5, 5.41) is 0. The molecule has 0 radical (unpaired) electrons. The van der Waals surface area contributed by atoms with E-state index >= 15 is 0 Å². The molecule has 4 aliphatic rings. The van der Waals surface area contributed by atoms with Crippen molar-refractivity contribution in [1.29, 1.82) is 0 Å². The van der Waals surface area contributed by atoms with E-state index in [2.05, 4.69) is 306 Å². The lowest BCUT2D eigenvalue weighted by Crippen LogP contribution is -2.61. The van der Waals surface area contributed by atoms with Crippen molar-refractivity contribution < 1.29 is 0 Å². The molecule has 13 rings (SSSR count). The third kappa shape index (κ3) is 7.97. The maximum absolute atomic E-state index is 2.79. The fourth-order valence-electron chi connectivity index (χ4n) is 14.3. The fraction of sp³-hybridized carbons (Fsp3) is 0.289. The molecule has 0 fully saturated rings. The van der Waals surface area contributed by atoms with Crippen molar-refractivity contribution in [3.63, 3.8) is 0 Å². The van der Waals surface area contributed by atoms with Gasteiger partial charge < -0.3 is 14.7 Å². The second-order valence-corrected chi connectivity index (χ2v) is 28.2. The van der Waals surface area contributed by atoms with Crippen molar-refractivity contribution in [2.75, 3.05) is 14.7 Å². The van der Waals surface area contributed by atoms with Crippen molar-refractivity contribution in [2.45, 2.75) is 142 Å². The van der Waals surface area contributed by atoms with Gasteiger partial charge >= 0.3 is 0 Å². The van der Waals surface area contributed by atoms with Gasteiger partial charge in [0.2, 0.25) is 0 Å². The molecule has 4 heteroatoms. The number of hydrogen-bond acceptors (Lipinski definition) is 3. The van der Waals surface area contributed by atoms with Crippen LogP contribution in [0.5, 0.6) is 0 Å². The van der Waals surface area contributed by atoms with Gasteiger partial charge in [0, 0.05) is 50.8 Å². The van der Waals surface area contributed by atoms with E-state index in [1.165, 1.54) is 123 Å². The standard InChI is InChI=1S/C76H78BN3/c1-71(2,3)53-29-23-30-57(43-53)78-67-46-56(74(10,11)12)33-36-62(67)77-63-45-55(73(7,8)9)35-39-66(63)79(64-38-34-54(72(4,5)6)44-59(64)50-26-19-16-20-27-50)69-48-58(47-68(78)70(69)77)80-65-37-32-52(49-24-17-15-18-25-49)42-61(65)75(13)41-40-51-28-21-22-31-60(51)76(75,80)14/h15-39,42-48H,40-41H2,1-14H3. The predicted octanol–water partition coefficient (Wildman–Crippen LogP) is 18.6. The normalized spacial score (nSPS) is 18.3. The van der Waals surface area contributed by atoms with E-state index in [9.17, 15) is 0 Å². The van der Waals surface area contributed by atoms with E-state index in [-0.39, 0.29) is 33.8 Å². The molecule has 0 amide bonds. The molecule has 3 nitrogen and oxygen atoms in total. The number of benzene rings is 9. The van der Waals surface area contributed by atoms with Gasteiger partial charge in [0.05, 0.1) is 11.2 Å². The topological polar surface area (TPSA) is 9.72 Å². The maximum atomic E-state index is 2.79. The third-order valence-electron chi connectivity index (χ3n) is 19.1. The summed E-state index contributed by atoms with van der Waals surface area (Å²) in [6.07, 6.45) is 2.06. The first kappa shape index (κ1) is 51.9. The molecule has 3 aliphatic heterocycles. The van der Waals surface area contributed by atoms with Gasteiger partial charge in [-0.2, -0.15) is 0 Å². The Bertz CT molecular complexity index is 3940. The Kier molecular flexibility index (Phi) is 11.7. The van der Waals surface area contributed by atoms with Gasteiger partial charge in [-0.1, -0.05) is 223 Å². The summed E-state index contributed by atoms with van der Waals surface area (Å²) in [6.45, 7) is 33.3. The van der Waals surface area contributed by atoms with Gasteiger partial charge in [0.15, 0.2) is 0 Å². The SMILES string of the molecule is CC(C)(C)c1cccc(N2c3cc(C(C)(C)C)ccc3B3c4cc(C(C)(C)C)ccc4N(c4ccc(C(C)(C)C)cc4-c4ccccc4)c4cc(N5c6ccc(-c7ccccc7)cc6C6(C)CCc7ccccc7C56C)cc2c43)c1. The van der Waals surface area contributed by atoms with E-state index < -0.39 is 5.54 Å². The number of rotatable bonds is 5. The van der Waals surface area contributed by atoms with Crippen LogP contribution >= 0.6 is 0 Å². The molecule has 0 saturated heterocycles. The number of nitrogens with zero attached hydrogens (tertiary/aromatic N) is 3. The molecule has 0 bridgehead atoms. The van der Waals surface area contributed by atoms with E-state index in [4.69, 9.17) is 0 Å². The number of aryl methyl sites for hydroxylation is 1. The Morgan fingerprint density at radius 2 is 0.938 bits per heavy atom. The van der Waals surface area contributed by atoms with Crippen molar-refractivity contribution in [2.24, 2.45) is 0 Å². The van der Waals surface area contributed by atoms with Crippen molar-refractivity contribution >= 4 is 68.6 Å². The molecule has 80 heavy (non-hydrogen) atoms. The first-order valence-corrected chi connectivity index (χ1v) is 29.4. The summed E-state index contributed by atoms with van der Waals surface area (Å²) >= 11 is 0. The predicted molar refractivity (Wildman–Crippen MR) is 344 cm³/mol. The summed E-state index contributed by atoms with van der Waals surface area (Å²) in [7, 11) is 0. The third-order valence-corrected chi connectivity index (χ3v) is 19.1. The lowest BCUT2D eigenvalue weighted by molar-refractivity contribution is 0.245. The van der Waals surface area contributed by atoms with Crippen LogP contribution in [0.25, 0.3) is 22.3 Å². The monoisotopic (exact) mass is 1040 g/mol. The van der Waals surface area contributed by atoms with Gasteiger partial charge in [-0.15, -0.1) is 0 Å². The molecule has 9 aromatic rings. The van der Waals surface area contributed by atoms with E-state index in [0.717, 1.165) is 12.8 Å². The molecule has 0 aromatic heterocycles. The van der Waals surface area contributed by atoms with Gasteiger partial charge in [-0.05, 0) is 174 Å². The molecule has 2 unspecified atom stereocenters. The number of anilines is 8. The molecule has 400 valence electrons. The Morgan fingerprint density at radius 1 is 0.375 bits per heavy atom. The highest BCUT2D eigenvalue weighted by atomic mass is 15.3. The average molecular weight is 1040 g/mol. The molecule has 3 heterocycles. The van der Waals surface area contributed by atoms with Gasteiger partial charge in [-0.3, -0.25) is 0 Å². The average Bonchev–Trinajstić information content (AvgIpc) is 3.49. The highest BCUT2D eigenvalue weighted by Gasteiger charge is 2.60. The van der Waals surface area contributed by atoms with Crippen LogP contribution in [0.1, 0.15) is 142 Å². The van der Waals surface area contributed by atoms with Crippen LogP contribution in [0.2, 0.25) is 0 Å². The zero-order valence-corrected chi connectivity index (χ0v) is 49.8. The van der Waals surface area contributed by atoms with E-state index in [1.807, 2.05) is 0 Å². The largest absolute Gasteiger partial charge is 0.330 e. The van der Waals surface area contributed by atoms with Crippen LogP contribution < -0.4 is 31.1 Å². The molecular formula is C76H78BN3. The fourth-order valence-corrected chi connectivity index (χ4v) is 14.3. The second kappa shape index (κ2) is 18.0.